The normalized spacial score (nSPS) is 9.08. The number of hydrogen-bond acceptors (Lipinski definition) is 3. The molecule has 1 rings (SSSR count). The van der Waals surface area contributed by atoms with E-state index in [0.717, 1.165) is 4.90 Å². The van der Waals surface area contributed by atoms with Gasteiger partial charge in [-0.1, -0.05) is 17.7 Å². The first-order valence-corrected chi connectivity index (χ1v) is 4.54. The summed E-state index contributed by atoms with van der Waals surface area (Å²) in [6.45, 7) is 2.04. The molecule has 3 heteroatoms. The minimum atomic E-state index is 0.451. The van der Waals surface area contributed by atoms with E-state index in [1.165, 1.54) is 23.4 Å². The van der Waals surface area contributed by atoms with Crippen molar-refractivity contribution in [2.75, 3.05) is 5.88 Å². The lowest BCUT2D eigenvalue weighted by Gasteiger charge is -1.96. The first-order chi connectivity index (χ1) is 5.83. The molecule has 0 fully saturated rings. The van der Waals surface area contributed by atoms with E-state index in [-0.39, 0.29) is 0 Å². The molecule has 62 valence electrons. The van der Waals surface area contributed by atoms with E-state index in [1.54, 1.807) is 0 Å². The highest BCUT2D eigenvalue weighted by atomic mass is 32.2. The summed E-state index contributed by atoms with van der Waals surface area (Å²) in [4.78, 5) is 14.3. The summed E-state index contributed by atoms with van der Waals surface area (Å²) in [5.41, 5.74) is 1.23. The van der Waals surface area contributed by atoms with Gasteiger partial charge < -0.3 is 0 Å². The second-order valence-electron chi connectivity index (χ2n) is 2.34. The maximum atomic E-state index is 9.74. The topological polar surface area (TPSA) is 29.4 Å². The molecule has 0 spiro atoms. The lowest BCUT2D eigenvalue weighted by Crippen LogP contribution is -1.75. The van der Waals surface area contributed by atoms with Crippen LogP contribution in [0.1, 0.15) is 5.56 Å². The van der Waals surface area contributed by atoms with E-state index in [4.69, 9.17) is 0 Å². The molecule has 0 aliphatic rings. The van der Waals surface area contributed by atoms with Gasteiger partial charge in [0.15, 0.2) is 0 Å². The third kappa shape index (κ3) is 2.91. The molecule has 0 aliphatic heterocycles. The third-order valence-corrected chi connectivity index (χ3v) is 2.24. The van der Waals surface area contributed by atoms with Crippen molar-refractivity contribution in [1.29, 1.82) is 0 Å². The van der Waals surface area contributed by atoms with Crippen LogP contribution in [0.2, 0.25) is 0 Å². The Labute approximate surface area is 75.7 Å². The fourth-order valence-corrected chi connectivity index (χ4v) is 1.36. The fourth-order valence-electron chi connectivity index (χ4n) is 0.768. The third-order valence-electron chi connectivity index (χ3n) is 1.38. The van der Waals surface area contributed by atoms with Crippen LogP contribution in [-0.4, -0.2) is 12.0 Å². The van der Waals surface area contributed by atoms with Crippen molar-refractivity contribution in [2.45, 2.75) is 11.8 Å². The monoisotopic (exact) mass is 179 g/mol. The van der Waals surface area contributed by atoms with Gasteiger partial charge in [0.2, 0.25) is 6.08 Å². The molecule has 0 bridgehead atoms. The van der Waals surface area contributed by atoms with E-state index in [9.17, 15) is 4.79 Å². The predicted octanol–water partition coefficient (Wildman–Crippen LogP) is 2.38. The van der Waals surface area contributed by atoms with E-state index in [1.807, 2.05) is 31.2 Å². The van der Waals surface area contributed by atoms with Crippen LogP contribution in [0.5, 0.6) is 0 Å². The Morgan fingerprint density at radius 1 is 1.42 bits per heavy atom. The van der Waals surface area contributed by atoms with E-state index in [2.05, 4.69) is 4.99 Å². The molecule has 0 saturated heterocycles. The van der Waals surface area contributed by atoms with Gasteiger partial charge in [-0.15, -0.1) is 11.8 Å². The Morgan fingerprint density at radius 3 is 2.67 bits per heavy atom. The molecule has 12 heavy (non-hydrogen) atoms. The number of hydrogen-bond donors (Lipinski definition) is 0. The quantitative estimate of drug-likeness (QED) is 0.405. The summed E-state index contributed by atoms with van der Waals surface area (Å²) in [6.07, 6.45) is 1.50. The number of aryl methyl sites for hydroxylation is 1. The molecule has 0 amide bonds. The largest absolute Gasteiger partial charge is 0.235 e. The summed E-state index contributed by atoms with van der Waals surface area (Å²) in [5.74, 6) is 0.451. The Hall–Kier alpha value is -1.05. The van der Waals surface area contributed by atoms with Crippen molar-refractivity contribution in [3.05, 3.63) is 29.8 Å². The molecule has 0 atom stereocenters. The number of benzene rings is 1. The molecule has 0 N–H and O–H groups in total. The number of aliphatic imine (C=N–C) groups is 1. The van der Waals surface area contributed by atoms with Crippen LogP contribution in [0.4, 0.5) is 0 Å². The van der Waals surface area contributed by atoms with Gasteiger partial charge in [-0.05, 0) is 19.1 Å². The van der Waals surface area contributed by atoms with Crippen molar-refractivity contribution >= 4 is 17.8 Å². The van der Waals surface area contributed by atoms with Gasteiger partial charge in [0.25, 0.3) is 0 Å². The van der Waals surface area contributed by atoms with Crippen molar-refractivity contribution < 1.29 is 4.79 Å². The molecular weight excluding hydrogens is 170 g/mol. The van der Waals surface area contributed by atoms with E-state index in [0.29, 0.717) is 5.88 Å². The summed E-state index contributed by atoms with van der Waals surface area (Å²) < 4.78 is 0. The van der Waals surface area contributed by atoms with Crippen molar-refractivity contribution in [3.8, 4) is 0 Å². The molecule has 0 aliphatic carbocycles. The molecule has 0 saturated carbocycles. The van der Waals surface area contributed by atoms with Gasteiger partial charge >= 0.3 is 0 Å². The van der Waals surface area contributed by atoms with Gasteiger partial charge in [0, 0.05) is 4.90 Å². The number of isocyanates is 1. The number of carbonyl (C=O) groups excluding carboxylic acids is 1. The minimum Gasteiger partial charge on any atom is -0.211 e. The Balaban J connectivity index is 2.53. The Morgan fingerprint density at radius 2 is 2.08 bits per heavy atom. The molecule has 2 nitrogen and oxygen atoms in total. The van der Waals surface area contributed by atoms with E-state index >= 15 is 0 Å². The molecule has 0 aromatic heterocycles. The summed E-state index contributed by atoms with van der Waals surface area (Å²) in [6, 6.07) is 8.10. The van der Waals surface area contributed by atoms with Crippen LogP contribution in [-0.2, 0) is 4.79 Å². The number of rotatable bonds is 3. The minimum absolute atomic E-state index is 0.451. The van der Waals surface area contributed by atoms with Crippen molar-refractivity contribution in [3.63, 3.8) is 0 Å². The predicted molar refractivity (Wildman–Crippen MR) is 50.0 cm³/mol. The van der Waals surface area contributed by atoms with Gasteiger partial charge in [-0.2, -0.15) is 4.99 Å². The van der Waals surface area contributed by atoms with Gasteiger partial charge in [-0.25, -0.2) is 4.79 Å². The van der Waals surface area contributed by atoms with Crippen LogP contribution >= 0.6 is 11.8 Å². The molecule has 1 aromatic carbocycles. The summed E-state index contributed by atoms with van der Waals surface area (Å²) in [7, 11) is 0. The zero-order valence-electron chi connectivity index (χ0n) is 6.78. The maximum Gasteiger partial charge on any atom is 0.235 e. The standard InChI is InChI=1S/C9H9NOS/c1-8-2-4-9(5-3-8)12-7-10-6-11/h2-5H,7H2,1H3. The zero-order valence-corrected chi connectivity index (χ0v) is 7.60. The highest BCUT2D eigenvalue weighted by Gasteiger charge is 1.90. The average Bonchev–Trinajstić information content (AvgIpc) is 2.09. The molecule has 1 aromatic rings. The van der Waals surface area contributed by atoms with Crippen LogP contribution in [0, 0.1) is 6.92 Å². The Kier molecular flexibility index (Phi) is 3.58. The average molecular weight is 179 g/mol. The smallest absolute Gasteiger partial charge is 0.211 e. The van der Waals surface area contributed by atoms with Gasteiger partial charge in [0.1, 0.15) is 5.88 Å². The molecule has 0 radical (unpaired) electrons. The number of thioether (sulfide) groups is 1. The van der Waals surface area contributed by atoms with Crippen LogP contribution in [0.15, 0.2) is 34.2 Å². The van der Waals surface area contributed by atoms with Crippen LogP contribution in [0.25, 0.3) is 0 Å². The second kappa shape index (κ2) is 4.75. The van der Waals surface area contributed by atoms with Crippen molar-refractivity contribution in [1.82, 2.24) is 0 Å². The highest BCUT2D eigenvalue weighted by Crippen LogP contribution is 2.17. The summed E-state index contributed by atoms with van der Waals surface area (Å²) in [5, 5.41) is 0. The number of nitrogens with zero attached hydrogens (tertiary/aromatic N) is 1. The first kappa shape index (κ1) is 9.04. The van der Waals surface area contributed by atoms with Crippen molar-refractivity contribution in [2.24, 2.45) is 4.99 Å². The van der Waals surface area contributed by atoms with Crippen LogP contribution < -0.4 is 0 Å². The molecule has 0 unspecified atom stereocenters. The van der Waals surface area contributed by atoms with Gasteiger partial charge in [-0.3, -0.25) is 0 Å². The Bertz CT molecular complexity index is 288. The molecule has 0 heterocycles. The lowest BCUT2D eigenvalue weighted by atomic mass is 10.2. The second-order valence-corrected chi connectivity index (χ2v) is 3.35. The zero-order chi connectivity index (χ0) is 8.81. The highest BCUT2D eigenvalue weighted by molar-refractivity contribution is 7.99. The van der Waals surface area contributed by atoms with E-state index < -0.39 is 0 Å². The van der Waals surface area contributed by atoms with Gasteiger partial charge in [0.05, 0.1) is 0 Å². The first-order valence-electron chi connectivity index (χ1n) is 3.56. The van der Waals surface area contributed by atoms with Crippen LogP contribution in [0.3, 0.4) is 0 Å². The lowest BCUT2D eigenvalue weighted by molar-refractivity contribution is 0.564. The summed E-state index contributed by atoms with van der Waals surface area (Å²) >= 11 is 1.52. The SMILES string of the molecule is Cc1ccc(SCN=C=O)cc1. The molecular formula is C9H9NOS. The maximum absolute atomic E-state index is 9.74. The fraction of sp³-hybridized carbons (Fsp3) is 0.222.